The van der Waals surface area contributed by atoms with E-state index in [1.807, 2.05) is 0 Å². The molecule has 0 radical (unpaired) electrons. The number of rotatable bonds is 13. The molecular weight excluding hydrogens is 630 g/mol. The lowest BCUT2D eigenvalue weighted by Gasteiger charge is -2.47. The van der Waals surface area contributed by atoms with E-state index in [9.17, 15) is 55.2 Å². The van der Waals surface area contributed by atoms with Gasteiger partial charge in [-0.05, 0) is 0 Å². The number of nitrogens with two attached hydrogens (primary N) is 1. The second kappa shape index (κ2) is 16.8. The molecule has 0 unspecified atom stereocenters. The summed E-state index contributed by atoms with van der Waals surface area (Å²) in [6, 6.07) is -4.30. The SMILES string of the molecule is CC(=O)N[C@H]1[C@@H](OC[C@H](N)C(=O)O)O[C@H](CO[C@@H]2O[C@H](CO)[C@@H](O[C@@H]3O[C@H](CO)[C@H](O)[C@H](O)[C@H]3O)[C@@H](O)[C@H]2NC(C)=O)[C@H](O)[C@@H]1O. The highest BCUT2D eigenvalue weighted by Crippen LogP contribution is 2.31. The fourth-order valence-corrected chi connectivity index (χ4v) is 5.16. The first-order chi connectivity index (χ1) is 21.6. The van der Waals surface area contributed by atoms with Crippen LogP contribution in [0.3, 0.4) is 0 Å². The molecule has 3 aliphatic heterocycles. The van der Waals surface area contributed by atoms with Crippen molar-refractivity contribution in [2.75, 3.05) is 26.4 Å². The van der Waals surface area contributed by atoms with Crippen LogP contribution in [0, 0.1) is 0 Å². The Hall–Kier alpha value is -2.19. The standard InChI is InChI=1S/C25H43N3O18/c1-7(31)27-13-17(35)16(34)12(45-23(13)41-5-9(26)22(39)40)6-42-24-14(28-8(2)32)18(36)21(11(4-30)44-24)46-25-20(38)19(37)15(33)10(3-29)43-25/h9-21,23-25,29-30,33-38H,3-6,26H2,1-2H3,(H,27,31)(H,28,32)(H,39,40)/t9-,10+,11+,12+,13+,14+,15-,16-,17+,18-,19-,20+,21+,23-,24+,25-/m0/s1. The summed E-state index contributed by atoms with van der Waals surface area (Å²) in [5, 5.41) is 96.4. The smallest absolute Gasteiger partial charge is 0.322 e. The van der Waals surface area contributed by atoms with Crippen LogP contribution >= 0.6 is 0 Å². The Kier molecular flexibility index (Phi) is 13.9. The maximum Gasteiger partial charge on any atom is 0.322 e. The maximum absolute atomic E-state index is 12.0. The van der Waals surface area contributed by atoms with E-state index in [0.29, 0.717) is 0 Å². The molecule has 3 saturated heterocycles. The fraction of sp³-hybridized carbons (Fsp3) is 0.880. The predicted molar refractivity (Wildman–Crippen MR) is 144 cm³/mol. The summed E-state index contributed by atoms with van der Waals surface area (Å²) in [5.74, 6) is -2.72. The molecular formula is C25H43N3O18. The van der Waals surface area contributed by atoms with E-state index in [1.165, 1.54) is 0 Å². The van der Waals surface area contributed by atoms with E-state index >= 15 is 0 Å². The van der Waals surface area contributed by atoms with Crippen molar-refractivity contribution in [3.05, 3.63) is 0 Å². The summed E-state index contributed by atoms with van der Waals surface area (Å²) in [4.78, 5) is 34.8. The third-order valence-electron chi connectivity index (χ3n) is 7.62. The number of aliphatic hydroxyl groups is 8. The Morgan fingerprint density at radius 1 is 0.696 bits per heavy atom. The summed E-state index contributed by atoms with van der Waals surface area (Å²) < 4.78 is 33.4. The molecule has 0 aromatic carbocycles. The van der Waals surface area contributed by atoms with Crippen molar-refractivity contribution in [1.29, 1.82) is 0 Å². The minimum atomic E-state index is -1.87. The first-order valence-electron chi connectivity index (χ1n) is 14.3. The number of nitrogens with one attached hydrogen (secondary N) is 2. The van der Waals surface area contributed by atoms with Crippen LogP contribution in [0.25, 0.3) is 0 Å². The van der Waals surface area contributed by atoms with Crippen LogP contribution in [0.1, 0.15) is 13.8 Å². The van der Waals surface area contributed by atoms with Gasteiger partial charge < -0.3 is 90.7 Å². The molecule has 266 valence electrons. The molecule has 0 aliphatic carbocycles. The lowest BCUT2D eigenvalue weighted by atomic mass is 9.95. The Bertz CT molecular complexity index is 1020. The Balaban J connectivity index is 1.76. The summed E-state index contributed by atoms with van der Waals surface area (Å²) in [5.41, 5.74) is 5.47. The number of aliphatic hydroxyl groups excluding tert-OH is 8. The van der Waals surface area contributed by atoms with Crippen LogP contribution in [0.4, 0.5) is 0 Å². The molecule has 0 saturated carbocycles. The minimum Gasteiger partial charge on any atom is -0.480 e. The number of carbonyl (C=O) groups excluding carboxylic acids is 2. The second-order valence-electron chi connectivity index (χ2n) is 11.1. The summed E-state index contributed by atoms with van der Waals surface area (Å²) in [7, 11) is 0. The molecule has 46 heavy (non-hydrogen) atoms. The molecule has 0 spiro atoms. The van der Waals surface area contributed by atoms with Crippen molar-refractivity contribution in [2.24, 2.45) is 5.73 Å². The molecule has 0 bridgehead atoms. The van der Waals surface area contributed by atoms with Crippen LogP contribution in [0.2, 0.25) is 0 Å². The van der Waals surface area contributed by atoms with Crippen LogP contribution < -0.4 is 16.4 Å². The largest absolute Gasteiger partial charge is 0.480 e. The highest BCUT2D eigenvalue weighted by atomic mass is 16.7. The normalized spacial score (nSPS) is 42.2. The number of ether oxygens (including phenoxy) is 6. The molecule has 0 aromatic heterocycles. The molecule has 3 fully saturated rings. The number of amides is 2. The average Bonchev–Trinajstić information content (AvgIpc) is 3.00. The molecule has 16 atom stereocenters. The van der Waals surface area contributed by atoms with Crippen LogP contribution in [-0.2, 0) is 42.8 Å². The highest BCUT2D eigenvalue weighted by Gasteiger charge is 2.52. The zero-order valence-corrected chi connectivity index (χ0v) is 24.8. The van der Waals surface area contributed by atoms with Crippen molar-refractivity contribution < 1.29 is 88.8 Å². The van der Waals surface area contributed by atoms with E-state index in [2.05, 4.69) is 10.6 Å². The van der Waals surface area contributed by atoms with Gasteiger partial charge >= 0.3 is 5.97 Å². The lowest BCUT2D eigenvalue weighted by Crippen LogP contribution is -2.68. The van der Waals surface area contributed by atoms with Gasteiger partial charge in [-0.3, -0.25) is 14.4 Å². The number of hydrogen-bond donors (Lipinski definition) is 12. The van der Waals surface area contributed by atoms with Gasteiger partial charge in [0.15, 0.2) is 18.9 Å². The van der Waals surface area contributed by atoms with Gasteiger partial charge in [-0.25, -0.2) is 0 Å². The van der Waals surface area contributed by atoms with E-state index in [1.54, 1.807) is 0 Å². The number of carboxylic acid groups (broad SMARTS) is 1. The first kappa shape index (κ1) is 38.3. The van der Waals surface area contributed by atoms with Crippen LogP contribution in [0.5, 0.6) is 0 Å². The highest BCUT2D eigenvalue weighted by molar-refractivity contribution is 5.74. The summed E-state index contributed by atoms with van der Waals surface area (Å²) in [6.07, 6.45) is -21.2. The topological polar surface area (TPSA) is 339 Å². The van der Waals surface area contributed by atoms with Crippen molar-refractivity contribution in [3.8, 4) is 0 Å². The van der Waals surface area contributed by atoms with Gasteiger partial charge in [0.2, 0.25) is 11.8 Å². The zero-order valence-electron chi connectivity index (χ0n) is 24.8. The Morgan fingerprint density at radius 2 is 1.20 bits per heavy atom. The van der Waals surface area contributed by atoms with Gasteiger partial charge in [0, 0.05) is 13.8 Å². The molecule has 3 rings (SSSR count). The third-order valence-corrected chi connectivity index (χ3v) is 7.62. The maximum atomic E-state index is 12.0. The lowest BCUT2D eigenvalue weighted by molar-refractivity contribution is -0.351. The summed E-state index contributed by atoms with van der Waals surface area (Å²) >= 11 is 0. The van der Waals surface area contributed by atoms with Crippen LogP contribution in [0.15, 0.2) is 0 Å². The van der Waals surface area contributed by atoms with Gasteiger partial charge in [0.05, 0.1) is 26.4 Å². The van der Waals surface area contributed by atoms with Crippen molar-refractivity contribution in [3.63, 3.8) is 0 Å². The van der Waals surface area contributed by atoms with Gasteiger partial charge in [0.1, 0.15) is 79.2 Å². The zero-order chi connectivity index (χ0) is 34.5. The first-order valence-corrected chi connectivity index (χ1v) is 14.3. The number of hydrogen-bond acceptors (Lipinski definition) is 18. The minimum absolute atomic E-state index is 0.608. The second-order valence-corrected chi connectivity index (χ2v) is 11.1. The molecule has 3 aliphatic rings. The van der Waals surface area contributed by atoms with Crippen molar-refractivity contribution in [2.45, 2.75) is 112 Å². The number of carbonyl (C=O) groups is 3. The third kappa shape index (κ3) is 9.03. The molecule has 2 amide bonds. The van der Waals surface area contributed by atoms with E-state index < -0.39 is 142 Å². The van der Waals surface area contributed by atoms with E-state index in [-0.39, 0.29) is 0 Å². The molecule has 21 heteroatoms. The predicted octanol–water partition coefficient (Wildman–Crippen LogP) is -7.85. The molecule has 3 heterocycles. The van der Waals surface area contributed by atoms with Gasteiger partial charge in [-0.15, -0.1) is 0 Å². The summed E-state index contributed by atoms with van der Waals surface area (Å²) in [6.45, 7) is -0.607. The quantitative estimate of drug-likeness (QED) is 0.0863. The van der Waals surface area contributed by atoms with Crippen molar-refractivity contribution >= 4 is 17.8 Å². The van der Waals surface area contributed by atoms with Crippen LogP contribution in [-0.4, -0.2) is 188 Å². The monoisotopic (exact) mass is 673 g/mol. The van der Waals surface area contributed by atoms with Crippen molar-refractivity contribution in [1.82, 2.24) is 10.6 Å². The number of carboxylic acids is 1. The Morgan fingerprint density at radius 3 is 1.74 bits per heavy atom. The number of aliphatic carboxylic acids is 1. The molecule has 13 N–H and O–H groups in total. The molecule has 0 aromatic rings. The average molecular weight is 674 g/mol. The van der Waals surface area contributed by atoms with E-state index in [4.69, 9.17) is 39.3 Å². The van der Waals surface area contributed by atoms with Gasteiger partial charge in [-0.2, -0.15) is 0 Å². The fourth-order valence-electron chi connectivity index (χ4n) is 5.16. The molecule has 21 nitrogen and oxygen atoms in total. The van der Waals surface area contributed by atoms with Gasteiger partial charge in [-0.1, -0.05) is 0 Å². The Labute approximate surface area is 261 Å². The van der Waals surface area contributed by atoms with Gasteiger partial charge in [0.25, 0.3) is 0 Å². The van der Waals surface area contributed by atoms with E-state index in [0.717, 1.165) is 13.8 Å².